The Hall–Kier alpha value is -0.100. The highest BCUT2D eigenvalue weighted by Crippen LogP contribution is 2.33. The summed E-state index contributed by atoms with van der Waals surface area (Å²) < 4.78 is 1.96. The quantitative estimate of drug-likeness (QED) is 0.597. The second-order valence-corrected chi connectivity index (χ2v) is 7.80. The van der Waals surface area contributed by atoms with E-state index >= 15 is 0 Å². The smallest absolute Gasteiger partial charge is 0.224 e. The first kappa shape index (κ1) is 20.9. The van der Waals surface area contributed by atoms with Crippen LogP contribution in [-0.4, -0.2) is 23.9 Å². The number of hydrogen-bond donors (Lipinski definition) is 1. The van der Waals surface area contributed by atoms with Gasteiger partial charge in [0.2, 0.25) is 5.91 Å². The number of carbonyl (C=O) groups excluding carboxylic acids is 1. The molecule has 23 heavy (non-hydrogen) atoms. The molecule has 1 aromatic rings. The normalized spacial score (nSPS) is 15.3. The van der Waals surface area contributed by atoms with Gasteiger partial charge in [-0.15, -0.1) is 12.4 Å². The summed E-state index contributed by atoms with van der Waals surface area (Å²) in [5.41, 5.74) is 2.05. The van der Waals surface area contributed by atoms with Crippen LogP contribution in [0.5, 0.6) is 0 Å². The second kappa shape index (κ2) is 10.0. The molecule has 0 unspecified atom stereocenters. The third kappa shape index (κ3) is 6.04. The second-order valence-electron chi connectivity index (χ2n) is 6.03. The van der Waals surface area contributed by atoms with Crippen LogP contribution in [0.2, 0.25) is 0 Å². The van der Waals surface area contributed by atoms with Crippen LogP contribution in [0.15, 0.2) is 21.1 Å². The molecule has 2 rings (SSSR count). The zero-order chi connectivity index (χ0) is 16.1. The molecule has 0 heterocycles. The molecule has 0 radical (unpaired) electrons. The first-order valence-corrected chi connectivity index (χ1v) is 9.58. The van der Waals surface area contributed by atoms with E-state index in [2.05, 4.69) is 55.2 Å². The molecule has 0 bridgehead atoms. The summed E-state index contributed by atoms with van der Waals surface area (Å²) in [5.74, 6) is 0.0459. The van der Waals surface area contributed by atoms with Gasteiger partial charge < -0.3 is 5.32 Å². The van der Waals surface area contributed by atoms with E-state index in [-0.39, 0.29) is 18.3 Å². The van der Waals surface area contributed by atoms with E-state index in [0.29, 0.717) is 12.5 Å². The number of rotatable bonds is 5. The third-order valence-electron chi connectivity index (χ3n) is 4.34. The fourth-order valence-corrected chi connectivity index (χ4v) is 4.45. The Morgan fingerprint density at radius 2 is 1.91 bits per heavy atom. The lowest BCUT2D eigenvalue weighted by Gasteiger charge is -2.32. The Balaban J connectivity index is 0.00000264. The van der Waals surface area contributed by atoms with Gasteiger partial charge in [0.25, 0.3) is 0 Å². The molecule has 1 fully saturated rings. The molecule has 0 atom stereocenters. The lowest BCUT2D eigenvalue weighted by atomic mass is 9.94. The fourth-order valence-electron chi connectivity index (χ4n) is 3.04. The van der Waals surface area contributed by atoms with Crippen molar-refractivity contribution in [3.8, 4) is 0 Å². The third-order valence-corrected chi connectivity index (χ3v) is 5.42. The SMILES string of the molecule is CCC(=O)Nc1c(Br)cc(Br)cc1CN(C)C1CCCCC1.Cl. The summed E-state index contributed by atoms with van der Waals surface area (Å²) in [6.45, 7) is 2.72. The Labute approximate surface area is 162 Å². The van der Waals surface area contributed by atoms with Gasteiger partial charge in [-0.1, -0.05) is 42.1 Å². The molecular weight excluding hydrogens is 443 g/mol. The molecular formula is C17H25Br2ClN2O. The molecule has 0 aromatic heterocycles. The van der Waals surface area contributed by atoms with Gasteiger partial charge in [0.05, 0.1) is 5.69 Å². The number of anilines is 1. The summed E-state index contributed by atoms with van der Waals surface area (Å²) >= 11 is 7.13. The topological polar surface area (TPSA) is 32.3 Å². The fraction of sp³-hybridized carbons (Fsp3) is 0.588. The van der Waals surface area contributed by atoms with E-state index in [1.165, 1.54) is 32.1 Å². The van der Waals surface area contributed by atoms with Crippen molar-refractivity contribution in [2.75, 3.05) is 12.4 Å². The average Bonchev–Trinajstić information content (AvgIpc) is 2.51. The summed E-state index contributed by atoms with van der Waals surface area (Å²) in [5, 5.41) is 3.03. The molecule has 0 saturated heterocycles. The van der Waals surface area contributed by atoms with E-state index < -0.39 is 0 Å². The number of nitrogens with one attached hydrogen (secondary N) is 1. The molecule has 1 amide bonds. The molecule has 130 valence electrons. The van der Waals surface area contributed by atoms with Gasteiger partial charge in [0.15, 0.2) is 0 Å². The summed E-state index contributed by atoms with van der Waals surface area (Å²) in [7, 11) is 2.19. The Bertz CT molecular complexity index is 534. The number of amides is 1. The van der Waals surface area contributed by atoms with E-state index in [0.717, 1.165) is 26.7 Å². The zero-order valence-electron chi connectivity index (χ0n) is 13.7. The Morgan fingerprint density at radius 3 is 2.52 bits per heavy atom. The van der Waals surface area contributed by atoms with Crippen molar-refractivity contribution in [3.05, 3.63) is 26.6 Å². The Kier molecular flexibility index (Phi) is 9.12. The van der Waals surface area contributed by atoms with Gasteiger partial charge in [-0.25, -0.2) is 0 Å². The lowest BCUT2D eigenvalue weighted by molar-refractivity contribution is -0.115. The van der Waals surface area contributed by atoms with Crippen LogP contribution in [0.4, 0.5) is 5.69 Å². The van der Waals surface area contributed by atoms with Gasteiger partial charge in [-0.2, -0.15) is 0 Å². The maximum atomic E-state index is 11.8. The number of carbonyl (C=O) groups is 1. The predicted octanol–water partition coefficient (Wildman–Crippen LogP) is 5.75. The van der Waals surface area contributed by atoms with Gasteiger partial charge in [0.1, 0.15) is 0 Å². The van der Waals surface area contributed by atoms with Crippen molar-refractivity contribution in [2.45, 2.75) is 58.0 Å². The predicted molar refractivity (Wildman–Crippen MR) is 106 cm³/mol. The van der Waals surface area contributed by atoms with Crippen molar-refractivity contribution in [1.82, 2.24) is 4.90 Å². The maximum absolute atomic E-state index is 11.8. The van der Waals surface area contributed by atoms with Crippen molar-refractivity contribution in [3.63, 3.8) is 0 Å². The van der Waals surface area contributed by atoms with Crippen LogP contribution >= 0.6 is 44.3 Å². The van der Waals surface area contributed by atoms with Crippen LogP contribution < -0.4 is 5.32 Å². The first-order valence-electron chi connectivity index (χ1n) is 7.99. The molecule has 6 heteroatoms. The van der Waals surface area contributed by atoms with Crippen LogP contribution in [0.25, 0.3) is 0 Å². The van der Waals surface area contributed by atoms with Crippen LogP contribution in [-0.2, 0) is 11.3 Å². The maximum Gasteiger partial charge on any atom is 0.224 e. The molecule has 3 nitrogen and oxygen atoms in total. The minimum Gasteiger partial charge on any atom is -0.325 e. The highest BCUT2D eigenvalue weighted by molar-refractivity contribution is 9.11. The van der Waals surface area contributed by atoms with E-state index in [1.54, 1.807) is 0 Å². The average molecular weight is 469 g/mol. The van der Waals surface area contributed by atoms with Crippen molar-refractivity contribution in [1.29, 1.82) is 0 Å². The van der Waals surface area contributed by atoms with Gasteiger partial charge >= 0.3 is 0 Å². The number of halogens is 3. The molecule has 1 saturated carbocycles. The van der Waals surface area contributed by atoms with Crippen LogP contribution in [0.3, 0.4) is 0 Å². The highest BCUT2D eigenvalue weighted by atomic mass is 79.9. The molecule has 1 aromatic carbocycles. The highest BCUT2D eigenvalue weighted by Gasteiger charge is 2.20. The van der Waals surface area contributed by atoms with Crippen molar-refractivity contribution < 1.29 is 4.79 Å². The largest absolute Gasteiger partial charge is 0.325 e. The minimum atomic E-state index is 0. The monoisotopic (exact) mass is 466 g/mol. The summed E-state index contributed by atoms with van der Waals surface area (Å²) in [4.78, 5) is 14.2. The summed E-state index contributed by atoms with van der Waals surface area (Å²) in [6.07, 6.45) is 7.07. The standard InChI is InChI=1S/C17H24Br2N2O.ClH/c1-3-16(22)20-17-12(9-13(18)10-15(17)19)11-21(2)14-7-5-4-6-8-14;/h9-10,14H,3-8,11H2,1-2H3,(H,20,22);1H. The Morgan fingerprint density at radius 1 is 1.26 bits per heavy atom. The molecule has 0 spiro atoms. The molecule has 1 N–H and O–H groups in total. The number of benzene rings is 1. The lowest BCUT2D eigenvalue weighted by Crippen LogP contribution is -2.33. The van der Waals surface area contributed by atoms with E-state index in [4.69, 9.17) is 0 Å². The van der Waals surface area contributed by atoms with Crippen LogP contribution in [0, 0.1) is 0 Å². The molecule has 0 aliphatic heterocycles. The number of hydrogen-bond acceptors (Lipinski definition) is 2. The summed E-state index contributed by atoms with van der Waals surface area (Å²) in [6, 6.07) is 4.74. The van der Waals surface area contributed by atoms with Gasteiger partial charge in [-0.05, 0) is 53.5 Å². The van der Waals surface area contributed by atoms with Crippen molar-refractivity contribution in [2.24, 2.45) is 0 Å². The molecule has 1 aliphatic rings. The van der Waals surface area contributed by atoms with Crippen molar-refractivity contribution >= 4 is 55.9 Å². The zero-order valence-corrected chi connectivity index (χ0v) is 17.7. The van der Waals surface area contributed by atoms with E-state index in [1.807, 2.05) is 13.0 Å². The minimum absolute atomic E-state index is 0. The van der Waals surface area contributed by atoms with Gasteiger partial charge in [-0.3, -0.25) is 9.69 Å². The molecule has 1 aliphatic carbocycles. The number of nitrogens with zero attached hydrogens (tertiary/aromatic N) is 1. The van der Waals surface area contributed by atoms with E-state index in [9.17, 15) is 4.79 Å². The van der Waals surface area contributed by atoms with Crippen LogP contribution in [0.1, 0.15) is 51.0 Å². The first-order chi connectivity index (χ1) is 10.5. The van der Waals surface area contributed by atoms with Gasteiger partial charge in [0, 0.05) is 28.0 Å².